The second kappa shape index (κ2) is 4.64. The fourth-order valence-corrected chi connectivity index (χ4v) is 1.90. The maximum absolute atomic E-state index is 11.9. The summed E-state index contributed by atoms with van der Waals surface area (Å²) in [6.07, 6.45) is -4.20. The summed E-state index contributed by atoms with van der Waals surface area (Å²) in [7, 11) is 0. The lowest BCUT2D eigenvalue weighted by Crippen LogP contribution is -2.10. The maximum atomic E-state index is 11.9. The zero-order chi connectivity index (χ0) is 10.8. The second-order valence-electron chi connectivity index (χ2n) is 2.40. The van der Waals surface area contributed by atoms with Crippen molar-refractivity contribution < 1.29 is 13.2 Å². The van der Waals surface area contributed by atoms with Gasteiger partial charge in [0.2, 0.25) is 0 Å². The van der Waals surface area contributed by atoms with Crippen molar-refractivity contribution in [2.75, 3.05) is 5.75 Å². The van der Waals surface area contributed by atoms with Gasteiger partial charge in [-0.1, -0.05) is 23.2 Å². The van der Waals surface area contributed by atoms with Gasteiger partial charge in [-0.05, 0) is 12.1 Å². The van der Waals surface area contributed by atoms with Crippen LogP contribution in [0.4, 0.5) is 13.2 Å². The van der Waals surface area contributed by atoms with Gasteiger partial charge in [0.25, 0.3) is 0 Å². The molecule has 77 valence electrons. The zero-order valence-corrected chi connectivity index (χ0v) is 8.99. The van der Waals surface area contributed by atoms with Crippen LogP contribution in [-0.4, -0.2) is 11.9 Å². The monoisotopic (exact) mass is 259 g/mol. The number of alkyl halides is 3. The molecule has 14 heavy (non-hydrogen) atoms. The van der Waals surface area contributed by atoms with E-state index in [0.29, 0.717) is 16.7 Å². The van der Waals surface area contributed by atoms with E-state index in [-0.39, 0.29) is 10.0 Å². The van der Waals surface area contributed by atoms with Crippen molar-refractivity contribution in [1.82, 2.24) is 0 Å². The van der Waals surface area contributed by atoms with Crippen molar-refractivity contribution in [3.63, 3.8) is 0 Å². The van der Waals surface area contributed by atoms with Crippen molar-refractivity contribution in [2.45, 2.75) is 11.1 Å². The van der Waals surface area contributed by atoms with Crippen molar-refractivity contribution in [3.05, 3.63) is 28.2 Å². The summed E-state index contributed by atoms with van der Waals surface area (Å²) >= 11 is 11.8. The second-order valence-corrected chi connectivity index (χ2v) is 4.23. The van der Waals surface area contributed by atoms with E-state index < -0.39 is 11.9 Å². The first-order valence-electron chi connectivity index (χ1n) is 3.45. The van der Waals surface area contributed by atoms with Gasteiger partial charge in [-0.25, -0.2) is 0 Å². The Bertz CT molecular complexity index is 325. The largest absolute Gasteiger partial charge is 0.398 e. The highest BCUT2D eigenvalue weighted by Gasteiger charge is 2.27. The van der Waals surface area contributed by atoms with E-state index in [1.807, 2.05) is 0 Å². The van der Waals surface area contributed by atoms with Crippen LogP contribution in [0.2, 0.25) is 10.0 Å². The Labute approximate surface area is 93.4 Å². The highest BCUT2D eigenvalue weighted by molar-refractivity contribution is 7.99. The number of rotatable bonds is 2. The van der Waals surface area contributed by atoms with Gasteiger partial charge in [0.15, 0.2) is 0 Å². The Morgan fingerprint density at radius 3 is 2.50 bits per heavy atom. The fraction of sp³-hybridized carbons (Fsp3) is 0.250. The summed E-state index contributed by atoms with van der Waals surface area (Å²) in [5.74, 6) is -0.970. The molecule has 1 aromatic carbocycles. The molecule has 0 aliphatic heterocycles. The third-order valence-electron chi connectivity index (χ3n) is 1.22. The van der Waals surface area contributed by atoms with Crippen LogP contribution in [0.25, 0.3) is 0 Å². The van der Waals surface area contributed by atoms with Crippen molar-refractivity contribution >= 4 is 35.0 Å². The average Bonchev–Trinajstić information content (AvgIpc) is 2.00. The van der Waals surface area contributed by atoms with Crippen LogP contribution in [-0.2, 0) is 0 Å². The van der Waals surface area contributed by atoms with Crippen molar-refractivity contribution in [1.29, 1.82) is 0 Å². The summed E-state index contributed by atoms with van der Waals surface area (Å²) in [6.45, 7) is 0. The van der Waals surface area contributed by atoms with Crippen LogP contribution in [0.3, 0.4) is 0 Å². The first-order valence-corrected chi connectivity index (χ1v) is 5.19. The van der Waals surface area contributed by atoms with Crippen LogP contribution in [0.1, 0.15) is 0 Å². The van der Waals surface area contributed by atoms with Gasteiger partial charge in [-0.3, -0.25) is 0 Å². The summed E-state index contributed by atoms with van der Waals surface area (Å²) in [6, 6.07) is 5.28. The van der Waals surface area contributed by atoms with Crippen molar-refractivity contribution in [3.8, 4) is 0 Å². The zero-order valence-electron chi connectivity index (χ0n) is 6.66. The number of halogens is 5. The predicted octanol–water partition coefficient (Wildman–Crippen LogP) is 4.45. The highest BCUT2D eigenvalue weighted by Crippen LogP contribution is 2.33. The average molecular weight is 260 g/mol. The first kappa shape index (κ1) is 12.0. The molecule has 0 heterocycles. The topological polar surface area (TPSA) is 0 Å². The van der Waals surface area contributed by atoms with E-state index in [9.17, 15) is 13.2 Å². The standard InChI is InChI=1S/C8H4Cl2F3S/c9-5-1-2-7(6(10)3-5)14-4-8(11,12)13/h2-3H,4H2. The molecule has 1 rings (SSSR count). The molecule has 0 spiro atoms. The molecule has 0 aliphatic carbocycles. The molecular weight excluding hydrogens is 256 g/mol. The van der Waals surface area contributed by atoms with E-state index in [1.54, 1.807) is 0 Å². The molecule has 0 unspecified atom stereocenters. The Balaban J connectivity index is 2.68. The number of hydrogen-bond acceptors (Lipinski definition) is 1. The van der Waals surface area contributed by atoms with Crippen LogP contribution in [0.5, 0.6) is 0 Å². The maximum Gasteiger partial charge on any atom is 0.398 e. The molecule has 0 bridgehead atoms. The molecule has 0 fully saturated rings. The van der Waals surface area contributed by atoms with Gasteiger partial charge in [0, 0.05) is 11.0 Å². The third-order valence-corrected chi connectivity index (χ3v) is 2.98. The lowest BCUT2D eigenvalue weighted by atomic mass is 10.4. The van der Waals surface area contributed by atoms with Gasteiger partial charge in [0.1, 0.15) is 0 Å². The van der Waals surface area contributed by atoms with Crippen LogP contribution in [0, 0.1) is 6.07 Å². The van der Waals surface area contributed by atoms with E-state index in [0.717, 1.165) is 0 Å². The number of benzene rings is 1. The molecule has 1 radical (unpaired) electrons. The minimum atomic E-state index is -4.20. The SMILES string of the molecule is FC(F)(F)CSc1c[c]c(Cl)cc1Cl. The summed E-state index contributed by atoms with van der Waals surface area (Å²) in [5, 5.41) is 0.495. The molecule has 0 atom stereocenters. The molecule has 0 saturated carbocycles. The highest BCUT2D eigenvalue weighted by atomic mass is 35.5. The van der Waals surface area contributed by atoms with Gasteiger partial charge in [-0.2, -0.15) is 13.2 Å². The van der Waals surface area contributed by atoms with Crippen LogP contribution < -0.4 is 0 Å². The normalized spacial score (nSPS) is 11.8. The molecule has 0 aliphatic rings. The Morgan fingerprint density at radius 2 is 2.00 bits per heavy atom. The van der Waals surface area contributed by atoms with E-state index in [4.69, 9.17) is 23.2 Å². The summed E-state index contributed by atoms with van der Waals surface area (Å²) in [4.78, 5) is 0.327. The summed E-state index contributed by atoms with van der Waals surface area (Å²) < 4.78 is 35.6. The molecule has 0 aromatic heterocycles. The molecule has 0 N–H and O–H groups in total. The predicted molar refractivity (Wildman–Crippen MR) is 52.1 cm³/mol. The molecule has 0 amide bonds. The van der Waals surface area contributed by atoms with Gasteiger partial charge in [-0.15, -0.1) is 11.8 Å². The molecule has 1 aromatic rings. The summed E-state index contributed by atoms with van der Waals surface area (Å²) in [5.41, 5.74) is 0. The Hall–Kier alpha value is -0.0600. The van der Waals surface area contributed by atoms with E-state index >= 15 is 0 Å². The molecule has 0 nitrogen and oxygen atoms in total. The van der Waals surface area contributed by atoms with Gasteiger partial charge >= 0.3 is 6.18 Å². The molecular formula is C8H4Cl2F3S. The third kappa shape index (κ3) is 3.98. The molecule has 6 heteroatoms. The number of thioether (sulfide) groups is 1. The lowest BCUT2D eigenvalue weighted by Gasteiger charge is -2.06. The van der Waals surface area contributed by atoms with Gasteiger partial charge in [0.05, 0.1) is 15.8 Å². The van der Waals surface area contributed by atoms with E-state index in [1.165, 1.54) is 12.1 Å². The fourth-order valence-electron chi connectivity index (χ4n) is 0.698. The molecule has 0 saturated heterocycles. The number of hydrogen-bond donors (Lipinski definition) is 0. The van der Waals surface area contributed by atoms with E-state index in [2.05, 4.69) is 6.07 Å². The minimum Gasteiger partial charge on any atom is -0.170 e. The lowest BCUT2D eigenvalue weighted by molar-refractivity contribution is -0.105. The first-order chi connectivity index (χ1) is 6.38. The Morgan fingerprint density at radius 1 is 1.36 bits per heavy atom. The van der Waals surface area contributed by atoms with Crippen LogP contribution in [0.15, 0.2) is 17.0 Å². The van der Waals surface area contributed by atoms with Gasteiger partial charge < -0.3 is 0 Å². The quantitative estimate of drug-likeness (QED) is 0.708. The van der Waals surface area contributed by atoms with Crippen molar-refractivity contribution in [2.24, 2.45) is 0 Å². The smallest absolute Gasteiger partial charge is 0.170 e. The van der Waals surface area contributed by atoms with Crippen LogP contribution >= 0.6 is 35.0 Å². The Kier molecular flexibility index (Phi) is 3.98. The minimum absolute atomic E-state index is 0.211.